The fourth-order valence-electron chi connectivity index (χ4n) is 2.35. The van der Waals surface area contributed by atoms with Crippen molar-refractivity contribution in [3.8, 4) is 11.5 Å². The van der Waals surface area contributed by atoms with Gasteiger partial charge in [-0.2, -0.15) is 0 Å². The number of anilines is 1. The van der Waals surface area contributed by atoms with Crippen LogP contribution in [-0.4, -0.2) is 38.0 Å². The number of amides is 1. The molecule has 0 heterocycles. The van der Waals surface area contributed by atoms with Crippen LogP contribution in [-0.2, 0) is 14.3 Å². The maximum absolute atomic E-state index is 12.1. The summed E-state index contributed by atoms with van der Waals surface area (Å²) in [7, 11) is 1.55. The molecular weight excluding hydrogens is 362 g/mol. The minimum Gasteiger partial charge on any atom is -0.497 e. The van der Waals surface area contributed by atoms with Crippen molar-refractivity contribution in [1.29, 1.82) is 0 Å². The predicted molar refractivity (Wildman–Crippen MR) is 104 cm³/mol. The normalized spacial score (nSPS) is 10.1. The molecule has 0 aliphatic rings. The van der Waals surface area contributed by atoms with Crippen LogP contribution >= 0.6 is 0 Å². The van der Waals surface area contributed by atoms with E-state index in [1.165, 1.54) is 0 Å². The Bertz CT molecular complexity index is 799. The molecule has 0 saturated heterocycles. The molecule has 0 bridgehead atoms. The molecule has 1 N–H and O–H groups in total. The van der Waals surface area contributed by atoms with E-state index in [1.807, 2.05) is 6.92 Å². The number of hydrogen-bond acceptors (Lipinski definition) is 6. The summed E-state index contributed by atoms with van der Waals surface area (Å²) >= 11 is 0. The Hall–Kier alpha value is -3.35. The first-order valence-electron chi connectivity index (χ1n) is 8.87. The first kappa shape index (κ1) is 21.0. The van der Waals surface area contributed by atoms with Crippen LogP contribution in [0.2, 0.25) is 0 Å². The number of carbonyl (C=O) groups excluding carboxylic acids is 3. The van der Waals surface area contributed by atoms with Crippen LogP contribution in [0.4, 0.5) is 5.69 Å². The van der Waals surface area contributed by atoms with Gasteiger partial charge in [-0.05, 0) is 55.5 Å². The van der Waals surface area contributed by atoms with Crippen LogP contribution in [0.15, 0.2) is 48.5 Å². The highest BCUT2D eigenvalue weighted by molar-refractivity contribution is 5.98. The van der Waals surface area contributed by atoms with Crippen LogP contribution in [0.5, 0.6) is 11.5 Å². The van der Waals surface area contributed by atoms with Gasteiger partial charge in [0.1, 0.15) is 11.5 Å². The summed E-state index contributed by atoms with van der Waals surface area (Å²) in [5.74, 6) is 0.103. The van der Waals surface area contributed by atoms with E-state index in [4.69, 9.17) is 14.2 Å². The molecule has 0 radical (unpaired) electrons. The average Bonchev–Trinajstić information content (AvgIpc) is 2.72. The SMILES string of the molecule is CCOc1ccc(C(=O)CCC(=O)OCC(=O)Nc2ccc(OC)cc2)cc1. The second-order valence-electron chi connectivity index (χ2n) is 5.82. The average molecular weight is 385 g/mol. The zero-order chi connectivity index (χ0) is 20.4. The summed E-state index contributed by atoms with van der Waals surface area (Å²) in [4.78, 5) is 35.7. The van der Waals surface area contributed by atoms with Crippen molar-refractivity contribution in [3.05, 3.63) is 54.1 Å². The summed E-state index contributed by atoms with van der Waals surface area (Å²) in [5, 5.41) is 2.60. The van der Waals surface area contributed by atoms with Gasteiger partial charge < -0.3 is 19.5 Å². The minimum absolute atomic E-state index is 0.00686. The Labute approximate surface area is 163 Å². The molecule has 2 aromatic rings. The molecule has 0 atom stereocenters. The molecule has 0 fully saturated rings. The van der Waals surface area contributed by atoms with E-state index in [9.17, 15) is 14.4 Å². The van der Waals surface area contributed by atoms with Crippen molar-refractivity contribution in [1.82, 2.24) is 0 Å². The Morgan fingerprint density at radius 1 is 0.893 bits per heavy atom. The van der Waals surface area contributed by atoms with Gasteiger partial charge in [0.15, 0.2) is 12.4 Å². The van der Waals surface area contributed by atoms with Gasteiger partial charge in [-0.1, -0.05) is 0 Å². The fraction of sp³-hybridized carbons (Fsp3) is 0.286. The van der Waals surface area contributed by atoms with Crippen LogP contribution in [0.3, 0.4) is 0 Å². The lowest BCUT2D eigenvalue weighted by Crippen LogP contribution is -2.21. The summed E-state index contributed by atoms with van der Waals surface area (Å²) in [6.45, 7) is 2.01. The van der Waals surface area contributed by atoms with Gasteiger partial charge in [-0.3, -0.25) is 14.4 Å². The smallest absolute Gasteiger partial charge is 0.306 e. The predicted octanol–water partition coefficient (Wildman–Crippen LogP) is 3.24. The molecule has 2 aromatic carbocycles. The second-order valence-corrected chi connectivity index (χ2v) is 5.82. The molecule has 1 amide bonds. The highest BCUT2D eigenvalue weighted by Crippen LogP contribution is 2.15. The van der Waals surface area contributed by atoms with Gasteiger partial charge in [-0.25, -0.2) is 0 Å². The largest absolute Gasteiger partial charge is 0.497 e. The summed E-state index contributed by atoms with van der Waals surface area (Å²) < 4.78 is 15.3. The first-order valence-corrected chi connectivity index (χ1v) is 8.87. The maximum atomic E-state index is 12.1. The number of ketones is 1. The third-order valence-electron chi connectivity index (χ3n) is 3.78. The Morgan fingerprint density at radius 2 is 1.54 bits per heavy atom. The van der Waals surface area contributed by atoms with Crippen LogP contribution < -0.4 is 14.8 Å². The standard InChI is InChI=1S/C21H23NO6/c1-3-27-18-8-4-15(5-9-18)19(23)12-13-21(25)28-14-20(24)22-16-6-10-17(26-2)11-7-16/h4-11H,3,12-14H2,1-2H3,(H,22,24). The lowest BCUT2D eigenvalue weighted by Gasteiger charge is -2.07. The number of nitrogens with one attached hydrogen (secondary N) is 1. The quantitative estimate of drug-likeness (QED) is 0.499. The van der Waals surface area contributed by atoms with Gasteiger partial charge in [0.05, 0.1) is 20.1 Å². The first-order chi connectivity index (χ1) is 13.5. The fourth-order valence-corrected chi connectivity index (χ4v) is 2.35. The van der Waals surface area contributed by atoms with E-state index in [0.29, 0.717) is 29.4 Å². The number of esters is 1. The molecule has 0 unspecified atom stereocenters. The maximum Gasteiger partial charge on any atom is 0.306 e. The second kappa shape index (κ2) is 10.7. The highest BCUT2D eigenvalue weighted by atomic mass is 16.5. The van der Waals surface area contributed by atoms with E-state index < -0.39 is 18.5 Å². The van der Waals surface area contributed by atoms with Gasteiger partial charge in [0.25, 0.3) is 5.91 Å². The summed E-state index contributed by atoms with van der Waals surface area (Å²) in [6, 6.07) is 13.5. The molecule has 7 nitrogen and oxygen atoms in total. The third kappa shape index (κ3) is 6.75. The number of ether oxygens (including phenoxy) is 3. The Kier molecular flexibility index (Phi) is 8.02. The summed E-state index contributed by atoms with van der Waals surface area (Å²) in [5.41, 5.74) is 1.06. The molecule has 28 heavy (non-hydrogen) atoms. The molecule has 0 aliphatic carbocycles. The van der Waals surface area contributed by atoms with Crippen molar-refractivity contribution in [2.24, 2.45) is 0 Å². The van der Waals surface area contributed by atoms with Crippen LogP contribution in [0.25, 0.3) is 0 Å². The summed E-state index contributed by atoms with van der Waals surface area (Å²) in [6.07, 6.45) is -0.0885. The molecule has 0 spiro atoms. The molecular formula is C21H23NO6. The van der Waals surface area contributed by atoms with Crippen LogP contribution in [0, 0.1) is 0 Å². The Balaban J connectivity index is 1.71. The number of hydrogen-bond donors (Lipinski definition) is 1. The number of rotatable bonds is 10. The molecule has 2 rings (SSSR count). The third-order valence-corrected chi connectivity index (χ3v) is 3.78. The van der Waals surface area contributed by atoms with E-state index >= 15 is 0 Å². The number of Topliss-reactive ketones (excluding diaryl/α,β-unsaturated/α-hetero) is 1. The van der Waals surface area contributed by atoms with Crippen molar-refractivity contribution in [3.63, 3.8) is 0 Å². The minimum atomic E-state index is -0.607. The van der Waals surface area contributed by atoms with Gasteiger partial charge in [-0.15, -0.1) is 0 Å². The number of carbonyl (C=O) groups is 3. The number of methoxy groups -OCH3 is 1. The molecule has 0 aliphatic heterocycles. The number of benzene rings is 2. The van der Waals surface area contributed by atoms with E-state index in [-0.39, 0.29) is 18.6 Å². The lowest BCUT2D eigenvalue weighted by atomic mass is 10.1. The highest BCUT2D eigenvalue weighted by Gasteiger charge is 2.12. The van der Waals surface area contributed by atoms with Crippen molar-refractivity contribution in [2.45, 2.75) is 19.8 Å². The lowest BCUT2D eigenvalue weighted by molar-refractivity contribution is -0.147. The monoisotopic (exact) mass is 385 g/mol. The van der Waals surface area contributed by atoms with E-state index in [2.05, 4.69) is 5.32 Å². The molecule has 7 heteroatoms. The van der Waals surface area contributed by atoms with Crippen LogP contribution in [0.1, 0.15) is 30.1 Å². The van der Waals surface area contributed by atoms with E-state index in [1.54, 1.807) is 55.6 Å². The molecule has 0 aromatic heterocycles. The van der Waals surface area contributed by atoms with Gasteiger partial charge in [0, 0.05) is 17.7 Å². The van der Waals surface area contributed by atoms with Crippen molar-refractivity contribution < 1.29 is 28.6 Å². The zero-order valence-corrected chi connectivity index (χ0v) is 15.9. The van der Waals surface area contributed by atoms with Gasteiger partial charge in [0.2, 0.25) is 0 Å². The molecule has 148 valence electrons. The van der Waals surface area contributed by atoms with E-state index in [0.717, 1.165) is 0 Å². The zero-order valence-electron chi connectivity index (χ0n) is 15.9. The van der Waals surface area contributed by atoms with Gasteiger partial charge >= 0.3 is 5.97 Å². The van der Waals surface area contributed by atoms with Crippen molar-refractivity contribution in [2.75, 3.05) is 25.6 Å². The topological polar surface area (TPSA) is 90.9 Å². The Morgan fingerprint density at radius 3 is 2.14 bits per heavy atom. The molecule has 0 saturated carbocycles. The van der Waals surface area contributed by atoms with Crippen molar-refractivity contribution >= 4 is 23.3 Å².